The highest BCUT2D eigenvalue weighted by Crippen LogP contribution is 2.23. The van der Waals surface area contributed by atoms with E-state index in [9.17, 15) is 4.79 Å². The van der Waals surface area contributed by atoms with Crippen LogP contribution in [-0.2, 0) is 11.2 Å². The third-order valence-electron chi connectivity index (χ3n) is 1.96. The van der Waals surface area contributed by atoms with Crippen molar-refractivity contribution >= 4 is 29.2 Å². The van der Waals surface area contributed by atoms with Crippen molar-refractivity contribution in [1.29, 1.82) is 0 Å². The second-order valence-electron chi connectivity index (χ2n) is 3.18. The predicted octanol–water partition coefficient (Wildman–Crippen LogP) is 3.26. The molecule has 0 radical (unpaired) electrons. The molecule has 0 saturated heterocycles. The average Bonchev–Trinajstić information content (AvgIpc) is 2.11. The summed E-state index contributed by atoms with van der Waals surface area (Å²) in [5.41, 5.74) is 0.772. The van der Waals surface area contributed by atoms with Gasteiger partial charge in [-0.3, -0.25) is 4.79 Å². The topological polar surface area (TPSA) is 37.3 Å². The van der Waals surface area contributed by atoms with Gasteiger partial charge in [0.15, 0.2) is 0 Å². The van der Waals surface area contributed by atoms with Gasteiger partial charge < -0.3 is 5.11 Å². The Labute approximate surface area is 92.5 Å². The Balaban J connectivity index is 2.85. The molecule has 0 aromatic heterocycles. The average molecular weight is 233 g/mol. The van der Waals surface area contributed by atoms with E-state index in [1.807, 2.05) is 0 Å². The van der Waals surface area contributed by atoms with Gasteiger partial charge in [-0.1, -0.05) is 30.1 Å². The maximum Gasteiger partial charge on any atom is 0.306 e. The first-order valence-electron chi connectivity index (χ1n) is 4.17. The van der Waals surface area contributed by atoms with E-state index in [1.54, 1.807) is 25.1 Å². The Morgan fingerprint density at radius 3 is 2.71 bits per heavy atom. The molecular weight excluding hydrogens is 223 g/mol. The highest BCUT2D eigenvalue weighted by Gasteiger charge is 2.13. The number of halogens is 2. The zero-order chi connectivity index (χ0) is 10.7. The highest BCUT2D eigenvalue weighted by molar-refractivity contribution is 6.33. The van der Waals surface area contributed by atoms with Crippen LogP contribution in [-0.4, -0.2) is 11.1 Å². The van der Waals surface area contributed by atoms with E-state index in [0.717, 1.165) is 5.56 Å². The molecule has 0 aliphatic rings. The fourth-order valence-corrected chi connectivity index (χ4v) is 1.51. The van der Waals surface area contributed by atoms with Gasteiger partial charge in [-0.15, -0.1) is 0 Å². The molecule has 0 aliphatic carbocycles. The Bertz CT molecular complexity index is 350. The van der Waals surface area contributed by atoms with Crippen molar-refractivity contribution in [3.05, 3.63) is 33.8 Å². The summed E-state index contributed by atoms with van der Waals surface area (Å²) in [6.07, 6.45) is 0.398. The van der Waals surface area contributed by atoms with Crippen LogP contribution in [0.2, 0.25) is 10.0 Å². The molecule has 4 heteroatoms. The lowest BCUT2D eigenvalue weighted by atomic mass is 10.0. The molecular formula is C10H10Cl2O2. The van der Waals surface area contributed by atoms with Gasteiger partial charge >= 0.3 is 5.97 Å². The minimum atomic E-state index is -0.832. The normalized spacial score (nSPS) is 12.5. The number of benzene rings is 1. The second-order valence-corrected chi connectivity index (χ2v) is 4.02. The maximum absolute atomic E-state index is 10.6. The molecule has 1 atom stereocenters. The Morgan fingerprint density at radius 2 is 2.14 bits per heavy atom. The molecule has 0 heterocycles. The van der Waals surface area contributed by atoms with Gasteiger partial charge in [0.25, 0.3) is 0 Å². The van der Waals surface area contributed by atoms with Gasteiger partial charge in [0, 0.05) is 10.0 Å². The Kier molecular flexibility index (Phi) is 3.78. The largest absolute Gasteiger partial charge is 0.481 e. The molecule has 76 valence electrons. The molecule has 1 unspecified atom stereocenters. The molecule has 0 bridgehead atoms. The smallest absolute Gasteiger partial charge is 0.306 e. The van der Waals surface area contributed by atoms with E-state index in [0.29, 0.717) is 16.5 Å². The molecule has 14 heavy (non-hydrogen) atoms. The van der Waals surface area contributed by atoms with Crippen LogP contribution in [0.5, 0.6) is 0 Å². The monoisotopic (exact) mass is 232 g/mol. The quantitative estimate of drug-likeness (QED) is 0.869. The van der Waals surface area contributed by atoms with E-state index in [4.69, 9.17) is 28.3 Å². The van der Waals surface area contributed by atoms with Crippen LogP contribution in [0.25, 0.3) is 0 Å². The number of carboxylic acids is 1. The summed E-state index contributed by atoms with van der Waals surface area (Å²) in [4.78, 5) is 10.6. The SMILES string of the molecule is CC(Cc1cc(Cl)ccc1Cl)C(=O)O. The first-order valence-corrected chi connectivity index (χ1v) is 4.93. The first-order chi connectivity index (χ1) is 6.50. The van der Waals surface area contributed by atoms with Crippen molar-refractivity contribution < 1.29 is 9.90 Å². The van der Waals surface area contributed by atoms with Crippen LogP contribution in [0.4, 0.5) is 0 Å². The summed E-state index contributed by atoms with van der Waals surface area (Å²) in [6, 6.07) is 5.05. The standard InChI is InChI=1S/C10H10Cl2O2/c1-6(10(13)14)4-7-5-8(11)2-3-9(7)12/h2-3,5-6H,4H2,1H3,(H,13,14). The summed E-state index contributed by atoms with van der Waals surface area (Å²) in [5, 5.41) is 9.86. The van der Waals surface area contributed by atoms with Crippen LogP contribution in [0, 0.1) is 5.92 Å². The lowest BCUT2D eigenvalue weighted by Crippen LogP contribution is -2.12. The minimum absolute atomic E-state index is 0.398. The number of hydrogen-bond donors (Lipinski definition) is 1. The Hall–Kier alpha value is -0.730. The van der Waals surface area contributed by atoms with Crippen LogP contribution >= 0.6 is 23.2 Å². The van der Waals surface area contributed by atoms with E-state index >= 15 is 0 Å². The third kappa shape index (κ3) is 2.89. The van der Waals surface area contributed by atoms with E-state index in [2.05, 4.69) is 0 Å². The molecule has 2 nitrogen and oxygen atoms in total. The predicted molar refractivity (Wildman–Crippen MR) is 57.0 cm³/mol. The van der Waals surface area contributed by atoms with Crippen LogP contribution in [0.3, 0.4) is 0 Å². The van der Waals surface area contributed by atoms with E-state index < -0.39 is 11.9 Å². The van der Waals surface area contributed by atoms with Crippen molar-refractivity contribution in [1.82, 2.24) is 0 Å². The Morgan fingerprint density at radius 1 is 1.50 bits per heavy atom. The van der Waals surface area contributed by atoms with Crippen molar-refractivity contribution in [3.8, 4) is 0 Å². The molecule has 1 rings (SSSR count). The zero-order valence-electron chi connectivity index (χ0n) is 7.63. The minimum Gasteiger partial charge on any atom is -0.481 e. The molecule has 1 aromatic rings. The third-order valence-corrected chi connectivity index (χ3v) is 2.56. The van der Waals surface area contributed by atoms with Crippen molar-refractivity contribution in [2.24, 2.45) is 5.92 Å². The van der Waals surface area contributed by atoms with Crippen LogP contribution < -0.4 is 0 Å². The first kappa shape index (κ1) is 11.3. The number of rotatable bonds is 3. The van der Waals surface area contributed by atoms with Gasteiger partial charge in [-0.05, 0) is 30.2 Å². The lowest BCUT2D eigenvalue weighted by Gasteiger charge is -2.08. The molecule has 0 fully saturated rings. The van der Waals surface area contributed by atoms with Gasteiger partial charge in [0.05, 0.1) is 5.92 Å². The van der Waals surface area contributed by atoms with Crippen LogP contribution in [0.1, 0.15) is 12.5 Å². The van der Waals surface area contributed by atoms with Crippen molar-refractivity contribution in [2.75, 3.05) is 0 Å². The summed E-state index contributed by atoms with van der Waals surface area (Å²) in [6.45, 7) is 1.64. The van der Waals surface area contributed by atoms with Crippen LogP contribution in [0.15, 0.2) is 18.2 Å². The van der Waals surface area contributed by atoms with Gasteiger partial charge in [-0.25, -0.2) is 0 Å². The van der Waals surface area contributed by atoms with E-state index in [1.165, 1.54) is 0 Å². The van der Waals surface area contributed by atoms with Crippen molar-refractivity contribution in [2.45, 2.75) is 13.3 Å². The fourth-order valence-electron chi connectivity index (χ4n) is 1.12. The summed E-state index contributed by atoms with van der Waals surface area (Å²) < 4.78 is 0. The maximum atomic E-state index is 10.6. The summed E-state index contributed by atoms with van der Waals surface area (Å²) >= 11 is 11.7. The number of aliphatic carboxylic acids is 1. The molecule has 0 saturated carbocycles. The fraction of sp³-hybridized carbons (Fsp3) is 0.300. The van der Waals surface area contributed by atoms with Gasteiger partial charge in [0.1, 0.15) is 0 Å². The van der Waals surface area contributed by atoms with Gasteiger partial charge in [-0.2, -0.15) is 0 Å². The number of carbonyl (C=O) groups is 1. The molecule has 1 aromatic carbocycles. The molecule has 0 spiro atoms. The number of hydrogen-bond acceptors (Lipinski definition) is 1. The molecule has 0 aliphatic heterocycles. The molecule has 1 N–H and O–H groups in total. The van der Waals surface area contributed by atoms with E-state index in [-0.39, 0.29) is 0 Å². The molecule has 0 amide bonds. The highest BCUT2D eigenvalue weighted by atomic mass is 35.5. The number of carboxylic acid groups (broad SMARTS) is 1. The lowest BCUT2D eigenvalue weighted by molar-refractivity contribution is -0.141. The zero-order valence-corrected chi connectivity index (χ0v) is 9.14. The van der Waals surface area contributed by atoms with Gasteiger partial charge in [0.2, 0.25) is 0 Å². The summed E-state index contributed by atoms with van der Waals surface area (Å²) in [5.74, 6) is -1.29. The second kappa shape index (κ2) is 4.67. The van der Waals surface area contributed by atoms with Crippen molar-refractivity contribution in [3.63, 3.8) is 0 Å². The summed E-state index contributed by atoms with van der Waals surface area (Å²) in [7, 11) is 0.